The highest BCUT2D eigenvalue weighted by Crippen LogP contribution is 2.33. The first kappa shape index (κ1) is 26.3. The first-order valence-electron chi connectivity index (χ1n) is 12.4. The molecule has 3 amide bonds. The molecule has 1 aromatic carbocycles. The molecule has 1 unspecified atom stereocenters. The molecule has 0 radical (unpaired) electrons. The molecule has 1 aromatic heterocycles. The lowest BCUT2D eigenvalue weighted by molar-refractivity contribution is -0.153. The number of hydrogen-bond donors (Lipinski definition) is 3. The predicted molar refractivity (Wildman–Crippen MR) is 137 cm³/mol. The van der Waals surface area contributed by atoms with Crippen LogP contribution in [-0.2, 0) is 16.0 Å². The van der Waals surface area contributed by atoms with E-state index in [0.717, 1.165) is 30.0 Å². The van der Waals surface area contributed by atoms with Crippen LogP contribution < -0.4 is 5.32 Å². The third-order valence-corrected chi connectivity index (χ3v) is 7.85. The molecule has 3 N–H and O–H groups in total. The second kappa shape index (κ2) is 12.0. The van der Waals surface area contributed by atoms with Gasteiger partial charge in [0.15, 0.2) is 12.2 Å². The standard InChI is InChI=1S/C26H34N4O5S/c1-28-12-14-29(15-13-28)25(34)19-6-2-5-18(17-19)21-8-3-11-30(21)26(35)23(32)22(31)24(33)27-10-9-20-7-4-16-36-20/h2,4-7,16-17,21-23,31-32H,3,8-15H2,1H3,(H,27,33)/t21?,22-,23-/m1/s1. The van der Waals surface area contributed by atoms with Crippen molar-refractivity contribution in [2.24, 2.45) is 0 Å². The van der Waals surface area contributed by atoms with Gasteiger partial charge in [0.25, 0.3) is 17.7 Å². The summed E-state index contributed by atoms with van der Waals surface area (Å²) in [7, 11) is 2.04. The fraction of sp³-hybridized carbons (Fsp3) is 0.500. The number of rotatable bonds is 8. The van der Waals surface area contributed by atoms with E-state index in [1.54, 1.807) is 17.4 Å². The van der Waals surface area contributed by atoms with Crippen LogP contribution in [-0.4, -0.2) is 101 Å². The number of likely N-dealkylation sites (N-methyl/N-ethyl adjacent to an activating group) is 1. The molecule has 36 heavy (non-hydrogen) atoms. The highest BCUT2D eigenvalue weighted by Gasteiger charge is 2.38. The van der Waals surface area contributed by atoms with Gasteiger partial charge in [-0.3, -0.25) is 14.4 Å². The monoisotopic (exact) mass is 514 g/mol. The maximum absolute atomic E-state index is 13.1. The van der Waals surface area contributed by atoms with Crippen molar-refractivity contribution < 1.29 is 24.6 Å². The molecule has 2 aliphatic rings. The molecule has 0 saturated carbocycles. The Balaban J connectivity index is 1.37. The molecular weight excluding hydrogens is 480 g/mol. The second-order valence-corrected chi connectivity index (χ2v) is 10.5. The first-order chi connectivity index (χ1) is 17.3. The zero-order chi connectivity index (χ0) is 25.7. The van der Waals surface area contributed by atoms with E-state index in [1.165, 1.54) is 4.90 Å². The largest absolute Gasteiger partial charge is 0.380 e. The minimum atomic E-state index is -1.86. The van der Waals surface area contributed by atoms with Crippen LogP contribution in [0.25, 0.3) is 0 Å². The molecule has 2 aromatic rings. The molecule has 10 heteroatoms. The molecular formula is C26H34N4O5S. The third kappa shape index (κ3) is 6.12. The van der Waals surface area contributed by atoms with Crippen LogP contribution in [0.3, 0.4) is 0 Å². The number of piperazine rings is 1. The van der Waals surface area contributed by atoms with E-state index < -0.39 is 24.0 Å². The lowest BCUT2D eigenvalue weighted by Crippen LogP contribution is -2.50. The highest BCUT2D eigenvalue weighted by atomic mass is 32.1. The summed E-state index contributed by atoms with van der Waals surface area (Å²) in [5.41, 5.74) is 1.38. The Bertz CT molecular complexity index is 1050. The Morgan fingerprint density at radius 1 is 1.06 bits per heavy atom. The Labute approximate surface area is 215 Å². The summed E-state index contributed by atoms with van der Waals surface area (Å²) >= 11 is 1.57. The Kier molecular flexibility index (Phi) is 8.73. The van der Waals surface area contributed by atoms with Crippen molar-refractivity contribution in [1.82, 2.24) is 20.0 Å². The second-order valence-electron chi connectivity index (χ2n) is 9.42. The fourth-order valence-corrected chi connectivity index (χ4v) is 5.47. The number of carbonyl (C=O) groups is 3. The molecule has 4 rings (SSSR count). The van der Waals surface area contributed by atoms with Crippen molar-refractivity contribution in [2.75, 3.05) is 46.3 Å². The van der Waals surface area contributed by atoms with Gasteiger partial charge in [-0.25, -0.2) is 0 Å². The van der Waals surface area contributed by atoms with Crippen LogP contribution in [0.5, 0.6) is 0 Å². The quantitative estimate of drug-likeness (QED) is 0.482. The van der Waals surface area contributed by atoms with Crippen molar-refractivity contribution >= 4 is 29.1 Å². The van der Waals surface area contributed by atoms with E-state index >= 15 is 0 Å². The zero-order valence-electron chi connectivity index (χ0n) is 20.5. The van der Waals surface area contributed by atoms with E-state index in [4.69, 9.17) is 0 Å². The third-order valence-electron chi connectivity index (χ3n) is 6.92. The van der Waals surface area contributed by atoms with E-state index in [-0.39, 0.29) is 11.9 Å². The summed E-state index contributed by atoms with van der Waals surface area (Å²) in [5, 5.41) is 25.4. The van der Waals surface area contributed by atoms with Gasteiger partial charge >= 0.3 is 0 Å². The molecule has 9 nitrogen and oxygen atoms in total. The summed E-state index contributed by atoms with van der Waals surface area (Å²) in [6.45, 7) is 3.72. The minimum absolute atomic E-state index is 0.0319. The van der Waals surface area contributed by atoms with Gasteiger partial charge in [0.1, 0.15) is 0 Å². The van der Waals surface area contributed by atoms with Crippen LogP contribution in [0.1, 0.15) is 39.7 Å². The SMILES string of the molecule is CN1CCN(C(=O)c2cccc(C3CCCN3C(=O)[C@H](O)[C@@H](O)C(=O)NCCc3cccs3)c2)CC1. The summed E-state index contributed by atoms with van der Waals surface area (Å²) in [6, 6.07) is 10.8. The molecule has 2 aliphatic heterocycles. The van der Waals surface area contributed by atoms with Crippen LogP contribution in [0.15, 0.2) is 41.8 Å². The number of nitrogens with zero attached hydrogens (tertiary/aromatic N) is 3. The Morgan fingerprint density at radius 3 is 2.56 bits per heavy atom. The predicted octanol–water partition coefficient (Wildman–Crippen LogP) is 0.880. The van der Waals surface area contributed by atoms with Crippen LogP contribution in [0.4, 0.5) is 0 Å². The molecule has 2 fully saturated rings. The van der Waals surface area contributed by atoms with Crippen LogP contribution >= 0.6 is 11.3 Å². The van der Waals surface area contributed by atoms with Gasteiger partial charge in [-0.2, -0.15) is 0 Å². The Hall–Kier alpha value is -2.79. The smallest absolute Gasteiger partial charge is 0.255 e. The van der Waals surface area contributed by atoms with Gasteiger partial charge in [-0.05, 0) is 55.5 Å². The number of hydrogen-bond acceptors (Lipinski definition) is 7. The molecule has 3 atom stereocenters. The van der Waals surface area contributed by atoms with Gasteiger partial charge in [0.2, 0.25) is 0 Å². The number of carbonyl (C=O) groups excluding carboxylic acids is 3. The number of aliphatic hydroxyl groups is 2. The number of likely N-dealkylation sites (tertiary alicyclic amines) is 1. The lowest BCUT2D eigenvalue weighted by Gasteiger charge is -2.33. The maximum atomic E-state index is 13.1. The van der Waals surface area contributed by atoms with Crippen LogP contribution in [0, 0.1) is 0 Å². The van der Waals surface area contributed by atoms with Gasteiger partial charge in [-0.1, -0.05) is 18.2 Å². The van der Waals surface area contributed by atoms with Gasteiger partial charge in [-0.15, -0.1) is 11.3 Å². The number of aliphatic hydroxyl groups excluding tert-OH is 2. The van der Waals surface area contributed by atoms with E-state index in [1.807, 2.05) is 47.7 Å². The summed E-state index contributed by atoms with van der Waals surface area (Å²) in [4.78, 5) is 45.1. The summed E-state index contributed by atoms with van der Waals surface area (Å²) in [6.07, 6.45) is -1.71. The fourth-order valence-electron chi connectivity index (χ4n) is 4.76. The topological polar surface area (TPSA) is 113 Å². The first-order valence-corrected chi connectivity index (χ1v) is 13.3. The molecule has 0 aliphatic carbocycles. The van der Waals surface area contributed by atoms with Crippen molar-refractivity contribution in [3.8, 4) is 0 Å². The molecule has 194 valence electrons. The molecule has 2 saturated heterocycles. The number of benzene rings is 1. The number of thiophene rings is 1. The summed E-state index contributed by atoms with van der Waals surface area (Å²) in [5.74, 6) is -1.49. The van der Waals surface area contributed by atoms with E-state index in [0.29, 0.717) is 44.6 Å². The maximum Gasteiger partial charge on any atom is 0.255 e. The van der Waals surface area contributed by atoms with E-state index in [9.17, 15) is 24.6 Å². The van der Waals surface area contributed by atoms with Gasteiger partial charge in [0, 0.05) is 49.7 Å². The molecule has 0 spiro atoms. The average molecular weight is 515 g/mol. The van der Waals surface area contributed by atoms with Crippen molar-refractivity contribution in [3.05, 3.63) is 57.8 Å². The van der Waals surface area contributed by atoms with Gasteiger partial charge < -0.3 is 30.2 Å². The minimum Gasteiger partial charge on any atom is -0.380 e. The van der Waals surface area contributed by atoms with Crippen molar-refractivity contribution in [1.29, 1.82) is 0 Å². The summed E-state index contributed by atoms with van der Waals surface area (Å²) < 4.78 is 0. The van der Waals surface area contributed by atoms with Crippen LogP contribution in [0.2, 0.25) is 0 Å². The normalized spacial score (nSPS) is 20.2. The number of amides is 3. The van der Waals surface area contributed by atoms with Crippen molar-refractivity contribution in [3.63, 3.8) is 0 Å². The number of nitrogens with one attached hydrogen (secondary N) is 1. The Morgan fingerprint density at radius 2 is 1.83 bits per heavy atom. The van der Waals surface area contributed by atoms with Crippen molar-refractivity contribution in [2.45, 2.75) is 37.5 Å². The highest BCUT2D eigenvalue weighted by molar-refractivity contribution is 7.09. The average Bonchev–Trinajstić information content (AvgIpc) is 3.60. The lowest BCUT2D eigenvalue weighted by atomic mass is 10.0. The van der Waals surface area contributed by atoms with E-state index in [2.05, 4.69) is 10.2 Å². The molecule has 3 heterocycles. The molecule has 0 bridgehead atoms. The zero-order valence-corrected chi connectivity index (χ0v) is 21.3. The van der Waals surface area contributed by atoms with Gasteiger partial charge in [0.05, 0.1) is 6.04 Å².